The number of nitrogens with one attached hydrogen (secondary N) is 1. The van der Waals surface area contributed by atoms with E-state index in [0.29, 0.717) is 13.1 Å². The van der Waals surface area contributed by atoms with Crippen molar-refractivity contribution in [1.82, 2.24) is 0 Å². The summed E-state index contributed by atoms with van der Waals surface area (Å²) in [7, 11) is 4.07. The number of aliphatic hydroxyl groups is 2. The van der Waals surface area contributed by atoms with E-state index in [4.69, 9.17) is 0 Å². The molecule has 3 N–H and O–H groups in total. The third-order valence-corrected chi connectivity index (χ3v) is 5.19. The molecule has 0 amide bonds. The summed E-state index contributed by atoms with van der Waals surface area (Å²) in [5.74, 6) is 0. The number of hydrogen-bond acceptors (Lipinski definition) is 6. The number of rotatable bonds is 6. The summed E-state index contributed by atoms with van der Waals surface area (Å²) in [5.41, 5.74) is 4.31. The van der Waals surface area contributed by atoms with Crippen molar-refractivity contribution in [2.75, 3.05) is 55.5 Å². The van der Waals surface area contributed by atoms with Crippen LogP contribution in [-0.2, 0) is 0 Å². The molecule has 0 saturated heterocycles. The second-order valence-electron chi connectivity index (χ2n) is 5.92. The van der Waals surface area contributed by atoms with Gasteiger partial charge in [-0.05, 0) is 36.4 Å². The molecule has 0 bridgehead atoms. The smallest absolute Gasteiger partial charge is 0.0606 e. The van der Waals surface area contributed by atoms with E-state index in [1.807, 2.05) is 25.1 Å². The van der Waals surface area contributed by atoms with Crippen LogP contribution >= 0.6 is 11.8 Å². The topological polar surface area (TPSA) is 59.0 Å². The van der Waals surface area contributed by atoms with Crippen molar-refractivity contribution in [3.63, 3.8) is 0 Å². The lowest BCUT2D eigenvalue weighted by atomic mass is 10.2. The van der Waals surface area contributed by atoms with Crippen LogP contribution in [0.5, 0.6) is 0 Å². The van der Waals surface area contributed by atoms with Crippen LogP contribution in [0.4, 0.5) is 22.7 Å². The second-order valence-corrected chi connectivity index (χ2v) is 7.00. The van der Waals surface area contributed by atoms with Crippen molar-refractivity contribution < 1.29 is 10.2 Å². The van der Waals surface area contributed by atoms with E-state index in [1.165, 1.54) is 9.79 Å². The third kappa shape index (κ3) is 3.45. The molecule has 6 heteroatoms. The van der Waals surface area contributed by atoms with Crippen LogP contribution in [0.25, 0.3) is 0 Å². The molecule has 1 aliphatic heterocycles. The van der Waals surface area contributed by atoms with Gasteiger partial charge >= 0.3 is 0 Å². The van der Waals surface area contributed by atoms with Crippen molar-refractivity contribution in [3.05, 3.63) is 36.4 Å². The SMILES string of the molecule is CN(C)c1ccc2c(c1)Nc1cc(N(CCO)CCO)ccc1S2. The minimum absolute atomic E-state index is 0.0638. The Bertz CT molecular complexity index is 715. The van der Waals surface area contributed by atoms with Crippen LogP contribution in [-0.4, -0.2) is 50.6 Å². The van der Waals surface area contributed by atoms with Gasteiger partial charge < -0.3 is 25.3 Å². The highest BCUT2D eigenvalue weighted by Gasteiger charge is 2.18. The number of aliphatic hydroxyl groups excluding tert-OH is 2. The zero-order chi connectivity index (χ0) is 17.1. The zero-order valence-electron chi connectivity index (χ0n) is 14.0. The highest BCUT2D eigenvalue weighted by Crippen LogP contribution is 2.46. The fourth-order valence-corrected chi connectivity index (χ4v) is 3.71. The van der Waals surface area contributed by atoms with Gasteiger partial charge in [-0.25, -0.2) is 0 Å². The molecule has 5 nitrogen and oxygen atoms in total. The molecule has 1 aliphatic rings. The van der Waals surface area contributed by atoms with E-state index in [9.17, 15) is 10.2 Å². The lowest BCUT2D eigenvalue weighted by molar-refractivity contribution is 0.281. The van der Waals surface area contributed by atoms with Gasteiger partial charge in [-0.1, -0.05) is 11.8 Å². The van der Waals surface area contributed by atoms with Crippen LogP contribution in [0.1, 0.15) is 0 Å². The van der Waals surface area contributed by atoms with Crippen LogP contribution in [0.2, 0.25) is 0 Å². The van der Waals surface area contributed by atoms with E-state index in [2.05, 4.69) is 40.5 Å². The summed E-state index contributed by atoms with van der Waals surface area (Å²) in [4.78, 5) is 6.46. The Hall–Kier alpha value is -1.89. The molecule has 0 fully saturated rings. The average molecular weight is 345 g/mol. The molecule has 0 spiro atoms. The van der Waals surface area contributed by atoms with Crippen molar-refractivity contribution in [3.8, 4) is 0 Å². The van der Waals surface area contributed by atoms with Gasteiger partial charge in [0.2, 0.25) is 0 Å². The summed E-state index contributed by atoms with van der Waals surface area (Å²) < 4.78 is 0. The highest BCUT2D eigenvalue weighted by molar-refractivity contribution is 7.99. The number of fused-ring (bicyclic) bond motifs is 2. The molecule has 1 heterocycles. The number of anilines is 4. The molecule has 2 aromatic rings. The van der Waals surface area contributed by atoms with Gasteiger partial charge in [-0.2, -0.15) is 0 Å². The predicted molar refractivity (Wildman–Crippen MR) is 101 cm³/mol. The fourth-order valence-electron chi connectivity index (χ4n) is 2.76. The van der Waals surface area contributed by atoms with Gasteiger partial charge in [0.1, 0.15) is 0 Å². The van der Waals surface area contributed by atoms with E-state index in [-0.39, 0.29) is 13.2 Å². The van der Waals surface area contributed by atoms with E-state index in [1.54, 1.807) is 11.8 Å². The van der Waals surface area contributed by atoms with Gasteiger partial charge in [-0.3, -0.25) is 0 Å². The van der Waals surface area contributed by atoms with Crippen molar-refractivity contribution in [2.24, 2.45) is 0 Å². The molecule has 24 heavy (non-hydrogen) atoms. The maximum atomic E-state index is 9.23. The molecular formula is C18H23N3O2S. The minimum atomic E-state index is 0.0638. The van der Waals surface area contributed by atoms with Gasteiger partial charge in [0.05, 0.1) is 24.6 Å². The zero-order valence-corrected chi connectivity index (χ0v) is 14.8. The summed E-state index contributed by atoms with van der Waals surface area (Å²) in [6.45, 7) is 1.14. The molecule has 0 saturated carbocycles. The van der Waals surface area contributed by atoms with Gasteiger partial charge in [0.25, 0.3) is 0 Å². The first-order valence-corrected chi connectivity index (χ1v) is 8.81. The predicted octanol–water partition coefficient (Wildman–Crippen LogP) is 2.75. The molecule has 3 rings (SSSR count). The Morgan fingerprint density at radius 2 is 1.42 bits per heavy atom. The summed E-state index contributed by atoms with van der Waals surface area (Å²) in [6.07, 6.45) is 0. The fraction of sp³-hybridized carbons (Fsp3) is 0.333. The third-order valence-electron chi connectivity index (χ3n) is 4.04. The standard InChI is InChI=1S/C18H23N3O2S/c1-20(2)13-3-5-17-15(11-13)19-16-12-14(4-6-18(16)24-17)21(7-9-22)8-10-23/h3-6,11-12,19,22-23H,7-10H2,1-2H3. The number of hydrogen-bond donors (Lipinski definition) is 3. The summed E-state index contributed by atoms with van der Waals surface area (Å²) in [6, 6.07) is 12.6. The maximum Gasteiger partial charge on any atom is 0.0606 e. The highest BCUT2D eigenvalue weighted by atomic mass is 32.2. The number of benzene rings is 2. The molecule has 0 unspecified atom stereocenters. The van der Waals surface area contributed by atoms with Crippen molar-refractivity contribution in [2.45, 2.75) is 9.79 Å². The van der Waals surface area contributed by atoms with Crippen LogP contribution in [0.15, 0.2) is 46.2 Å². The van der Waals surface area contributed by atoms with Gasteiger partial charge in [0.15, 0.2) is 0 Å². The van der Waals surface area contributed by atoms with Crippen LogP contribution < -0.4 is 15.1 Å². The monoisotopic (exact) mass is 345 g/mol. The molecule has 128 valence electrons. The maximum absolute atomic E-state index is 9.23. The minimum Gasteiger partial charge on any atom is -0.395 e. The van der Waals surface area contributed by atoms with E-state index < -0.39 is 0 Å². The van der Waals surface area contributed by atoms with Crippen molar-refractivity contribution >= 4 is 34.5 Å². The Labute approximate surface area is 146 Å². The van der Waals surface area contributed by atoms with Crippen molar-refractivity contribution in [1.29, 1.82) is 0 Å². The largest absolute Gasteiger partial charge is 0.395 e. The molecule has 0 aromatic heterocycles. The molecule has 0 atom stereocenters. The lowest BCUT2D eigenvalue weighted by Gasteiger charge is -2.27. The molecular weight excluding hydrogens is 322 g/mol. The quantitative estimate of drug-likeness (QED) is 0.639. The average Bonchev–Trinajstić information content (AvgIpc) is 2.58. The van der Waals surface area contributed by atoms with Gasteiger partial charge in [-0.15, -0.1) is 0 Å². The first-order chi connectivity index (χ1) is 11.6. The summed E-state index contributed by atoms with van der Waals surface area (Å²) >= 11 is 1.75. The van der Waals surface area contributed by atoms with Crippen LogP contribution in [0.3, 0.4) is 0 Å². The Balaban J connectivity index is 1.89. The number of nitrogens with zero attached hydrogens (tertiary/aromatic N) is 2. The molecule has 0 aliphatic carbocycles. The van der Waals surface area contributed by atoms with Gasteiger partial charge in [0, 0.05) is 48.4 Å². The summed E-state index contributed by atoms with van der Waals surface area (Å²) in [5, 5.41) is 22.0. The first-order valence-electron chi connectivity index (χ1n) is 7.99. The lowest BCUT2D eigenvalue weighted by Crippen LogP contribution is -2.29. The first kappa shape index (κ1) is 17.0. The molecule has 2 aromatic carbocycles. The Morgan fingerprint density at radius 3 is 1.96 bits per heavy atom. The van der Waals surface area contributed by atoms with E-state index >= 15 is 0 Å². The Kier molecular flexibility index (Phi) is 5.18. The second kappa shape index (κ2) is 7.34. The Morgan fingerprint density at radius 1 is 0.875 bits per heavy atom. The van der Waals surface area contributed by atoms with Crippen LogP contribution in [0, 0.1) is 0 Å². The normalized spacial score (nSPS) is 12.2. The van der Waals surface area contributed by atoms with E-state index in [0.717, 1.165) is 22.7 Å². The molecule has 0 radical (unpaired) electrons.